The van der Waals surface area contributed by atoms with E-state index in [1.807, 2.05) is 0 Å². The van der Waals surface area contributed by atoms with Gasteiger partial charge in [0.05, 0.1) is 5.60 Å². The van der Waals surface area contributed by atoms with Crippen molar-refractivity contribution in [2.24, 2.45) is 11.3 Å². The van der Waals surface area contributed by atoms with E-state index in [4.69, 9.17) is 4.74 Å². The molecule has 0 radical (unpaired) electrons. The molecule has 0 saturated carbocycles. The third-order valence-corrected chi connectivity index (χ3v) is 4.53. The summed E-state index contributed by atoms with van der Waals surface area (Å²) in [4.78, 5) is 0. The molecule has 0 aliphatic carbocycles. The highest BCUT2D eigenvalue weighted by Crippen LogP contribution is 2.29. The Hall–Kier alpha value is -0.0800. The van der Waals surface area contributed by atoms with Crippen LogP contribution in [0.25, 0.3) is 0 Å². The zero-order valence-electron chi connectivity index (χ0n) is 12.6. The molecule has 0 aromatic carbocycles. The van der Waals surface area contributed by atoms with Crippen LogP contribution in [0.3, 0.4) is 0 Å². The molecule has 3 unspecified atom stereocenters. The highest BCUT2D eigenvalue weighted by molar-refractivity contribution is 4.86. The summed E-state index contributed by atoms with van der Waals surface area (Å²) in [5, 5.41) is 3.74. The van der Waals surface area contributed by atoms with E-state index in [2.05, 4.69) is 46.9 Å². The van der Waals surface area contributed by atoms with Crippen LogP contribution in [0.2, 0.25) is 0 Å². The maximum Gasteiger partial charge on any atom is 0.0666 e. The smallest absolute Gasteiger partial charge is 0.0666 e. The molecule has 1 saturated heterocycles. The molecule has 17 heavy (non-hydrogen) atoms. The van der Waals surface area contributed by atoms with E-state index < -0.39 is 0 Å². The number of ether oxygens (including phenoxy) is 1. The average Bonchev–Trinajstić information content (AvgIpc) is 2.25. The van der Waals surface area contributed by atoms with Crippen molar-refractivity contribution < 1.29 is 4.74 Å². The fourth-order valence-electron chi connectivity index (χ4n) is 2.20. The van der Waals surface area contributed by atoms with E-state index in [9.17, 15) is 0 Å². The summed E-state index contributed by atoms with van der Waals surface area (Å²) in [6.07, 6.45) is 3.42. The van der Waals surface area contributed by atoms with Gasteiger partial charge in [-0.05, 0) is 44.1 Å². The third kappa shape index (κ3) is 4.59. The molecule has 0 aromatic rings. The lowest BCUT2D eigenvalue weighted by Gasteiger charge is -2.39. The Morgan fingerprint density at radius 2 is 2.06 bits per heavy atom. The van der Waals surface area contributed by atoms with Gasteiger partial charge in [-0.15, -0.1) is 0 Å². The van der Waals surface area contributed by atoms with Crippen LogP contribution < -0.4 is 5.32 Å². The summed E-state index contributed by atoms with van der Waals surface area (Å²) < 4.78 is 5.88. The molecular weight excluding hydrogens is 210 g/mol. The predicted octanol–water partition coefficient (Wildman–Crippen LogP) is 3.61. The first-order valence-corrected chi connectivity index (χ1v) is 7.14. The van der Waals surface area contributed by atoms with Gasteiger partial charge < -0.3 is 10.1 Å². The Morgan fingerprint density at radius 1 is 1.41 bits per heavy atom. The Bertz CT molecular complexity index is 234. The quantitative estimate of drug-likeness (QED) is 0.812. The lowest BCUT2D eigenvalue weighted by molar-refractivity contribution is -0.0784. The highest BCUT2D eigenvalue weighted by atomic mass is 16.5. The summed E-state index contributed by atoms with van der Waals surface area (Å²) in [5.41, 5.74) is 0.493. The van der Waals surface area contributed by atoms with E-state index in [1.165, 1.54) is 0 Å². The molecule has 1 aliphatic rings. The average molecular weight is 241 g/mol. The second-order valence-corrected chi connectivity index (χ2v) is 7.02. The molecule has 102 valence electrons. The van der Waals surface area contributed by atoms with Crippen molar-refractivity contribution in [3.05, 3.63) is 0 Å². The minimum atomic E-state index is 0.0981. The molecule has 1 N–H and O–H groups in total. The molecule has 0 aromatic heterocycles. The number of hydrogen-bond acceptors (Lipinski definition) is 2. The Labute approximate surface area is 108 Å². The van der Waals surface area contributed by atoms with Crippen LogP contribution in [-0.2, 0) is 4.74 Å². The zero-order valence-corrected chi connectivity index (χ0v) is 12.6. The lowest BCUT2D eigenvalue weighted by Crippen LogP contribution is -2.46. The molecule has 1 heterocycles. The molecule has 1 fully saturated rings. The second-order valence-electron chi connectivity index (χ2n) is 7.02. The van der Waals surface area contributed by atoms with Gasteiger partial charge in [-0.25, -0.2) is 0 Å². The minimum Gasteiger partial charge on any atom is -0.375 e. The van der Waals surface area contributed by atoms with Gasteiger partial charge in [-0.3, -0.25) is 0 Å². The number of hydrogen-bond donors (Lipinski definition) is 1. The Balaban J connectivity index is 2.37. The SMILES string of the molecule is CCC1(C)CC(NCC(C)C(C)(C)C)CCO1. The van der Waals surface area contributed by atoms with Gasteiger partial charge >= 0.3 is 0 Å². The molecule has 3 atom stereocenters. The first kappa shape index (κ1) is 15.0. The van der Waals surface area contributed by atoms with Crippen LogP contribution in [0.1, 0.15) is 60.8 Å². The predicted molar refractivity (Wildman–Crippen MR) is 74.3 cm³/mol. The molecule has 1 rings (SSSR count). The molecule has 1 aliphatic heterocycles. The third-order valence-electron chi connectivity index (χ3n) is 4.53. The maximum absolute atomic E-state index is 5.88. The normalized spacial score (nSPS) is 32.5. The molecule has 2 heteroatoms. The highest BCUT2D eigenvalue weighted by Gasteiger charge is 2.32. The van der Waals surface area contributed by atoms with E-state index in [1.54, 1.807) is 0 Å². The Morgan fingerprint density at radius 3 is 2.59 bits per heavy atom. The fourth-order valence-corrected chi connectivity index (χ4v) is 2.20. The van der Waals surface area contributed by atoms with Crippen LogP contribution in [0, 0.1) is 11.3 Å². The van der Waals surface area contributed by atoms with Gasteiger partial charge in [-0.2, -0.15) is 0 Å². The monoisotopic (exact) mass is 241 g/mol. The molecule has 0 bridgehead atoms. The summed E-state index contributed by atoms with van der Waals surface area (Å²) in [7, 11) is 0. The van der Waals surface area contributed by atoms with E-state index in [0.717, 1.165) is 32.4 Å². The van der Waals surface area contributed by atoms with Crippen molar-refractivity contribution in [2.75, 3.05) is 13.2 Å². The van der Waals surface area contributed by atoms with Crippen molar-refractivity contribution in [3.8, 4) is 0 Å². The van der Waals surface area contributed by atoms with Crippen molar-refractivity contribution in [1.29, 1.82) is 0 Å². The molecule has 0 amide bonds. The second kappa shape index (κ2) is 5.71. The van der Waals surface area contributed by atoms with Crippen LogP contribution in [0.15, 0.2) is 0 Å². The van der Waals surface area contributed by atoms with Crippen LogP contribution in [-0.4, -0.2) is 24.8 Å². The van der Waals surface area contributed by atoms with Crippen molar-refractivity contribution in [2.45, 2.75) is 72.4 Å². The number of nitrogens with one attached hydrogen (secondary N) is 1. The topological polar surface area (TPSA) is 21.3 Å². The Kier molecular flexibility index (Phi) is 5.03. The lowest BCUT2D eigenvalue weighted by atomic mass is 9.81. The van der Waals surface area contributed by atoms with E-state index in [-0.39, 0.29) is 5.60 Å². The van der Waals surface area contributed by atoms with Gasteiger partial charge in [-0.1, -0.05) is 34.6 Å². The molecule has 0 spiro atoms. The van der Waals surface area contributed by atoms with Gasteiger partial charge in [0.25, 0.3) is 0 Å². The van der Waals surface area contributed by atoms with Crippen LogP contribution >= 0.6 is 0 Å². The van der Waals surface area contributed by atoms with Crippen LogP contribution in [0.4, 0.5) is 0 Å². The summed E-state index contributed by atoms with van der Waals surface area (Å²) in [5.74, 6) is 0.707. The summed E-state index contributed by atoms with van der Waals surface area (Å²) in [6.45, 7) is 15.8. The van der Waals surface area contributed by atoms with Crippen molar-refractivity contribution in [1.82, 2.24) is 5.32 Å². The van der Waals surface area contributed by atoms with Crippen molar-refractivity contribution >= 4 is 0 Å². The first-order valence-electron chi connectivity index (χ1n) is 7.14. The minimum absolute atomic E-state index is 0.0981. The summed E-state index contributed by atoms with van der Waals surface area (Å²) in [6, 6.07) is 0.637. The van der Waals surface area contributed by atoms with Gasteiger partial charge in [0, 0.05) is 12.6 Å². The van der Waals surface area contributed by atoms with E-state index >= 15 is 0 Å². The van der Waals surface area contributed by atoms with E-state index in [0.29, 0.717) is 17.4 Å². The maximum atomic E-state index is 5.88. The summed E-state index contributed by atoms with van der Waals surface area (Å²) >= 11 is 0. The largest absolute Gasteiger partial charge is 0.375 e. The molecule has 2 nitrogen and oxygen atoms in total. The number of rotatable bonds is 4. The zero-order chi connectivity index (χ0) is 13.1. The van der Waals surface area contributed by atoms with Gasteiger partial charge in [0.15, 0.2) is 0 Å². The van der Waals surface area contributed by atoms with Gasteiger partial charge in [0.2, 0.25) is 0 Å². The molecular formula is C15H31NO. The van der Waals surface area contributed by atoms with Gasteiger partial charge in [0.1, 0.15) is 0 Å². The first-order chi connectivity index (χ1) is 7.77. The van der Waals surface area contributed by atoms with Crippen LogP contribution in [0.5, 0.6) is 0 Å². The fraction of sp³-hybridized carbons (Fsp3) is 1.00. The van der Waals surface area contributed by atoms with Crippen molar-refractivity contribution in [3.63, 3.8) is 0 Å². The standard InChI is InChI=1S/C15H31NO/c1-7-15(6)10-13(8-9-17-15)16-11-12(2)14(3,4)5/h12-13,16H,7-11H2,1-6H3.